The number of hydrogen-bond acceptors (Lipinski definition) is 5. The largest absolute Gasteiger partial charge is 0.491 e. The molecule has 0 aliphatic heterocycles. The van der Waals surface area contributed by atoms with Crippen molar-refractivity contribution >= 4 is 0 Å². The van der Waals surface area contributed by atoms with E-state index in [1.807, 2.05) is 13.0 Å². The normalized spacial score (nSPS) is 11.9. The average molecular weight is 260 g/mol. The summed E-state index contributed by atoms with van der Waals surface area (Å²) in [6.07, 6.45) is 3.43. The Labute approximate surface area is 111 Å². The van der Waals surface area contributed by atoms with Crippen LogP contribution < -0.4 is 9.47 Å². The summed E-state index contributed by atoms with van der Waals surface area (Å²) in [6, 6.07) is 9.15. The van der Waals surface area contributed by atoms with Gasteiger partial charge in [0.1, 0.15) is 18.1 Å². The van der Waals surface area contributed by atoms with Gasteiger partial charge in [-0.15, -0.1) is 0 Å². The first-order valence-electron chi connectivity index (χ1n) is 6.13. The summed E-state index contributed by atoms with van der Waals surface area (Å²) >= 11 is 0. The Morgan fingerprint density at radius 2 is 1.89 bits per heavy atom. The molecule has 0 aliphatic rings. The number of rotatable bonds is 6. The standard InChI is InChI=1S/C14H16N2O3/c1-2-11(17)10-18-12-5-3-6-13(9-12)19-14-15-7-4-8-16-14/h3-9,11,17H,2,10H2,1H3/t11-/m0/s1. The molecule has 0 unspecified atom stereocenters. The topological polar surface area (TPSA) is 64.5 Å². The lowest BCUT2D eigenvalue weighted by atomic mass is 10.3. The van der Waals surface area contributed by atoms with Crippen LogP contribution in [-0.4, -0.2) is 27.8 Å². The first kappa shape index (κ1) is 13.3. The Morgan fingerprint density at radius 3 is 2.63 bits per heavy atom. The van der Waals surface area contributed by atoms with Crippen molar-refractivity contribution < 1.29 is 14.6 Å². The summed E-state index contributed by atoms with van der Waals surface area (Å²) < 4.78 is 11.0. The van der Waals surface area contributed by atoms with Gasteiger partial charge in [-0.25, -0.2) is 9.97 Å². The van der Waals surface area contributed by atoms with Crippen molar-refractivity contribution in [3.8, 4) is 17.5 Å². The highest BCUT2D eigenvalue weighted by molar-refractivity contribution is 5.34. The van der Waals surface area contributed by atoms with Crippen LogP contribution in [0, 0.1) is 0 Å². The van der Waals surface area contributed by atoms with Crippen molar-refractivity contribution in [1.82, 2.24) is 9.97 Å². The van der Waals surface area contributed by atoms with Crippen LogP contribution in [0.5, 0.6) is 17.5 Å². The molecule has 1 atom stereocenters. The molecule has 0 saturated carbocycles. The molecule has 0 spiro atoms. The van der Waals surface area contributed by atoms with E-state index in [1.54, 1.807) is 36.7 Å². The first-order valence-corrected chi connectivity index (χ1v) is 6.13. The lowest BCUT2D eigenvalue weighted by Gasteiger charge is -2.11. The Bertz CT molecular complexity index is 505. The van der Waals surface area contributed by atoms with Crippen LogP contribution in [-0.2, 0) is 0 Å². The molecule has 0 amide bonds. The first-order chi connectivity index (χ1) is 9.28. The van der Waals surface area contributed by atoms with Crippen molar-refractivity contribution in [2.24, 2.45) is 0 Å². The molecule has 2 aromatic rings. The molecular formula is C14H16N2O3. The van der Waals surface area contributed by atoms with Gasteiger partial charge in [-0.3, -0.25) is 0 Å². The van der Waals surface area contributed by atoms with Gasteiger partial charge in [-0.1, -0.05) is 13.0 Å². The smallest absolute Gasteiger partial charge is 0.321 e. The summed E-state index contributed by atoms with van der Waals surface area (Å²) in [7, 11) is 0. The number of aromatic nitrogens is 2. The fraction of sp³-hybridized carbons (Fsp3) is 0.286. The third-order valence-corrected chi connectivity index (χ3v) is 2.47. The van der Waals surface area contributed by atoms with E-state index in [-0.39, 0.29) is 12.6 Å². The quantitative estimate of drug-likeness (QED) is 0.864. The van der Waals surface area contributed by atoms with Gasteiger partial charge >= 0.3 is 6.01 Å². The zero-order valence-corrected chi connectivity index (χ0v) is 10.7. The van der Waals surface area contributed by atoms with Crippen LogP contribution in [0.15, 0.2) is 42.7 Å². The Balaban J connectivity index is 1.99. The molecule has 0 aliphatic carbocycles. The zero-order valence-electron chi connectivity index (χ0n) is 10.7. The van der Waals surface area contributed by atoms with Gasteiger partial charge in [0.05, 0.1) is 6.10 Å². The van der Waals surface area contributed by atoms with Crippen LogP contribution >= 0.6 is 0 Å². The van der Waals surface area contributed by atoms with Gasteiger partial charge < -0.3 is 14.6 Å². The molecule has 1 aromatic heterocycles. The summed E-state index contributed by atoms with van der Waals surface area (Å²) in [5.74, 6) is 1.23. The summed E-state index contributed by atoms with van der Waals surface area (Å²) in [5.41, 5.74) is 0. The van der Waals surface area contributed by atoms with E-state index < -0.39 is 6.10 Å². The second-order valence-electron chi connectivity index (χ2n) is 3.98. The van der Waals surface area contributed by atoms with E-state index in [0.717, 1.165) is 0 Å². The van der Waals surface area contributed by atoms with Gasteiger partial charge in [0.15, 0.2) is 0 Å². The van der Waals surface area contributed by atoms with Crippen LogP contribution in [0.1, 0.15) is 13.3 Å². The minimum Gasteiger partial charge on any atom is -0.491 e. The number of nitrogens with zero attached hydrogens (tertiary/aromatic N) is 2. The van der Waals surface area contributed by atoms with E-state index in [1.165, 1.54) is 0 Å². The van der Waals surface area contributed by atoms with Crippen molar-refractivity contribution in [2.45, 2.75) is 19.4 Å². The molecule has 0 bridgehead atoms. The molecule has 1 aromatic carbocycles. The Hall–Kier alpha value is -2.14. The molecule has 19 heavy (non-hydrogen) atoms. The number of hydrogen-bond donors (Lipinski definition) is 1. The van der Waals surface area contributed by atoms with Gasteiger partial charge in [0.25, 0.3) is 0 Å². The predicted molar refractivity (Wildman–Crippen MR) is 70.3 cm³/mol. The number of ether oxygens (including phenoxy) is 2. The minimum absolute atomic E-state index is 0.266. The molecule has 2 rings (SSSR count). The van der Waals surface area contributed by atoms with Gasteiger partial charge in [0, 0.05) is 18.5 Å². The van der Waals surface area contributed by atoms with Crippen molar-refractivity contribution in [1.29, 1.82) is 0 Å². The number of benzene rings is 1. The fourth-order valence-electron chi connectivity index (χ4n) is 1.38. The van der Waals surface area contributed by atoms with Crippen molar-refractivity contribution in [3.05, 3.63) is 42.7 Å². The maximum Gasteiger partial charge on any atom is 0.321 e. The van der Waals surface area contributed by atoms with Crippen molar-refractivity contribution in [2.75, 3.05) is 6.61 Å². The van der Waals surface area contributed by atoms with E-state index in [2.05, 4.69) is 9.97 Å². The highest BCUT2D eigenvalue weighted by Gasteiger charge is 2.04. The maximum atomic E-state index is 9.45. The highest BCUT2D eigenvalue weighted by Crippen LogP contribution is 2.22. The molecule has 0 saturated heterocycles. The second-order valence-corrected chi connectivity index (χ2v) is 3.98. The van der Waals surface area contributed by atoms with Crippen molar-refractivity contribution in [3.63, 3.8) is 0 Å². The molecule has 1 N–H and O–H groups in total. The summed E-state index contributed by atoms with van der Waals surface area (Å²) in [4.78, 5) is 7.95. The molecule has 5 nitrogen and oxygen atoms in total. The van der Waals surface area contributed by atoms with Crippen LogP contribution in [0.4, 0.5) is 0 Å². The van der Waals surface area contributed by atoms with Crippen LogP contribution in [0.2, 0.25) is 0 Å². The van der Waals surface area contributed by atoms with Crippen LogP contribution in [0.3, 0.4) is 0 Å². The van der Waals surface area contributed by atoms with E-state index in [9.17, 15) is 5.11 Å². The summed E-state index contributed by atoms with van der Waals surface area (Å²) in [6.45, 7) is 2.17. The molecule has 5 heteroatoms. The molecule has 0 fully saturated rings. The molecule has 100 valence electrons. The molecular weight excluding hydrogens is 244 g/mol. The zero-order chi connectivity index (χ0) is 13.5. The van der Waals surface area contributed by atoms with E-state index in [0.29, 0.717) is 17.9 Å². The second kappa shape index (κ2) is 6.70. The highest BCUT2D eigenvalue weighted by atomic mass is 16.5. The van der Waals surface area contributed by atoms with Gasteiger partial charge in [-0.05, 0) is 24.6 Å². The Kier molecular flexibility index (Phi) is 4.69. The molecule has 1 heterocycles. The fourth-order valence-corrected chi connectivity index (χ4v) is 1.38. The Morgan fingerprint density at radius 1 is 1.16 bits per heavy atom. The number of aliphatic hydroxyl groups excluding tert-OH is 1. The third kappa shape index (κ3) is 4.22. The minimum atomic E-state index is -0.456. The van der Waals surface area contributed by atoms with Crippen LogP contribution in [0.25, 0.3) is 0 Å². The maximum absolute atomic E-state index is 9.45. The SMILES string of the molecule is CC[C@H](O)COc1cccc(Oc2ncccn2)c1. The lowest BCUT2D eigenvalue weighted by molar-refractivity contribution is 0.104. The van der Waals surface area contributed by atoms with E-state index >= 15 is 0 Å². The summed E-state index contributed by atoms with van der Waals surface area (Å²) in [5, 5.41) is 9.45. The monoisotopic (exact) mass is 260 g/mol. The average Bonchev–Trinajstić information content (AvgIpc) is 2.46. The predicted octanol–water partition coefficient (Wildman–Crippen LogP) is 2.42. The van der Waals surface area contributed by atoms with Gasteiger partial charge in [0.2, 0.25) is 0 Å². The molecule has 0 radical (unpaired) electrons. The third-order valence-electron chi connectivity index (χ3n) is 2.47. The number of aliphatic hydroxyl groups is 1. The van der Waals surface area contributed by atoms with Gasteiger partial charge in [-0.2, -0.15) is 0 Å². The van der Waals surface area contributed by atoms with E-state index in [4.69, 9.17) is 9.47 Å². The lowest BCUT2D eigenvalue weighted by Crippen LogP contribution is -2.15.